The number of likely N-dealkylation sites (N-methyl/N-ethyl adjacent to an activating group) is 1. The van der Waals surface area contributed by atoms with Gasteiger partial charge in [-0.3, -0.25) is 9.59 Å². The van der Waals surface area contributed by atoms with Gasteiger partial charge in [-0.05, 0) is 37.5 Å². The Morgan fingerprint density at radius 2 is 1.61 bits per heavy atom. The summed E-state index contributed by atoms with van der Waals surface area (Å²) in [6.07, 6.45) is 0. The molecule has 0 radical (unpaired) electrons. The zero-order chi connectivity index (χ0) is 20.0. The van der Waals surface area contributed by atoms with Crippen molar-refractivity contribution in [2.45, 2.75) is 33.7 Å². The van der Waals surface area contributed by atoms with E-state index >= 15 is 0 Å². The van der Waals surface area contributed by atoms with Crippen molar-refractivity contribution < 1.29 is 9.59 Å². The van der Waals surface area contributed by atoms with Crippen LogP contribution in [-0.2, 0) is 9.59 Å². The monoisotopic (exact) mass is 403 g/mol. The minimum absolute atomic E-state index is 0. The molecule has 2 rings (SSSR count). The van der Waals surface area contributed by atoms with Crippen molar-refractivity contribution in [3.05, 3.63) is 65.2 Å². The second-order valence-electron chi connectivity index (χ2n) is 6.89. The highest BCUT2D eigenvalue weighted by molar-refractivity contribution is 5.96. The number of carbonyl (C=O) groups excluding carboxylic acids is 2. The molecular formula is C22H30ClN3O2. The minimum atomic E-state index is -0.416. The van der Waals surface area contributed by atoms with Crippen LogP contribution in [0.15, 0.2) is 48.5 Å². The maximum atomic E-state index is 12.9. The maximum Gasteiger partial charge on any atom is 0.244 e. The molecule has 0 heterocycles. The summed E-state index contributed by atoms with van der Waals surface area (Å²) in [6, 6.07) is 15.0. The number of rotatable bonds is 7. The molecule has 2 unspecified atom stereocenters. The van der Waals surface area contributed by atoms with Crippen LogP contribution in [0.1, 0.15) is 36.6 Å². The van der Waals surface area contributed by atoms with Crippen molar-refractivity contribution in [1.82, 2.24) is 4.90 Å². The predicted molar refractivity (Wildman–Crippen MR) is 117 cm³/mol. The molecule has 5 nitrogen and oxygen atoms in total. The molecular weight excluding hydrogens is 374 g/mol. The Morgan fingerprint density at radius 1 is 1.04 bits per heavy atom. The maximum absolute atomic E-state index is 12.9. The number of nitrogens with one attached hydrogen (secondary N) is 1. The smallest absolute Gasteiger partial charge is 0.244 e. The Hall–Kier alpha value is -2.37. The van der Waals surface area contributed by atoms with Crippen LogP contribution in [0.3, 0.4) is 0 Å². The van der Waals surface area contributed by atoms with Crippen molar-refractivity contribution >= 4 is 29.9 Å². The molecule has 2 amide bonds. The van der Waals surface area contributed by atoms with Gasteiger partial charge in [-0.15, -0.1) is 12.4 Å². The van der Waals surface area contributed by atoms with E-state index < -0.39 is 12.0 Å². The van der Waals surface area contributed by atoms with Gasteiger partial charge >= 0.3 is 0 Å². The predicted octanol–water partition coefficient (Wildman–Crippen LogP) is 3.85. The second kappa shape index (κ2) is 10.8. The van der Waals surface area contributed by atoms with E-state index in [4.69, 9.17) is 5.73 Å². The largest absolute Gasteiger partial charge is 0.333 e. The first-order chi connectivity index (χ1) is 12.8. The van der Waals surface area contributed by atoms with E-state index in [0.717, 1.165) is 22.4 Å². The quantitative estimate of drug-likeness (QED) is 0.737. The first kappa shape index (κ1) is 23.7. The molecule has 6 heteroatoms. The Kier molecular flexibility index (Phi) is 9.16. The van der Waals surface area contributed by atoms with Crippen LogP contribution in [-0.4, -0.2) is 29.8 Å². The highest BCUT2D eigenvalue weighted by Gasteiger charge is 2.27. The molecule has 0 saturated heterocycles. The molecule has 0 aliphatic heterocycles. The zero-order valence-corrected chi connectivity index (χ0v) is 17.8. The summed E-state index contributed by atoms with van der Waals surface area (Å²) in [4.78, 5) is 26.9. The first-order valence-electron chi connectivity index (χ1n) is 9.30. The van der Waals surface area contributed by atoms with Crippen LogP contribution in [0.2, 0.25) is 0 Å². The number of hydrogen-bond acceptors (Lipinski definition) is 3. The van der Waals surface area contributed by atoms with Gasteiger partial charge in [0.15, 0.2) is 0 Å². The standard InChI is InChI=1S/C22H29N3O2.ClH/c1-5-25(14-19(26)24-21-15(2)10-9-11-16(21)3)22(27)17(4)20(23)18-12-7-6-8-13-18;/h6-13,17,20H,5,14,23H2,1-4H3,(H,24,26);1H. The third kappa shape index (κ3) is 5.81. The van der Waals surface area contributed by atoms with Gasteiger partial charge in [0, 0.05) is 18.3 Å². The molecule has 28 heavy (non-hydrogen) atoms. The number of anilines is 1. The molecule has 0 spiro atoms. The summed E-state index contributed by atoms with van der Waals surface area (Å²) < 4.78 is 0. The molecule has 2 aromatic carbocycles. The Morgan fingerprint density at radius 3 is 2.14 bits per heavy atom. The average Bonchev–Trinajstić information content (AvgIpc) is 2.68. The van der Waals surface area contributed by atoms with Crippen molar-refractivity contribution in [3.63, 3.8) is 0 Å². The SMILES string of the molecule is CCN(CC(=O)Nc1c(C)cccc1C)C(=O)C(C)C(N)c1ccccc1.Cl. The van der Waals surface area contributed by atoms with E-state index in [-0.39, 0.29) is 30.8 Å². The topological polar surface area (TPSA) is 75.4 Å². The van der Waals surface area contributed by atoms with Crippen molar-refractivity contribution in [2.75, 3.05) is 18.4 Å². The number of amides is 2. The van der Waals surface area contributed by atoms with E-state index in [9.17, 15) is 9.59 Å². The van der Waals surface area contributed by atoms with Gasteiger partial charge in [0.1, 0.15) is 0 Å². The molecule has 2 atom stereocenters. The normalized spacial score (nSPS) is 12.5. The lowest BCUT2D eigenvalue weighted by Gasteiger charge is -2.27. The number of nitrogens with two attached hydrogens (primary N) is 1. The summed E-state index contributed by atoms with van der Waals surface area (Å²) in [7, 11) is 0. The number of benzene rings is 2. The lowest BCUT2D eigenvalue weighted by atomic mass is 9.94. The number of hydrogen-bond donors (Lipinski definition) is 2. The molecule has 0 fully saturated rings. The van der Waals surface area contributed by atoms with Crippen LogP contribution >= 0.6 is 12.4 Å². The van der Waals surface area contributed by atoms with Crippen LogP contribution in [0.4, 0.5) is 5.69 Å². The third-order valence-electron chi connectivity index (χ3n) is 4.89. The van der Waals surface area contributed by atoms with Gasteiger partial charge in [-0.2, -0.15) is 0 Å². The van der Waals surface area contributed by atoms with Gasteiger partial charge in [0.2, 0.25) is 11.8 Å². The highest BCUT2D eigenvalue weighted by atomic mass is 35.5. The van der Waals surface area contributed by atoms with Gasteiger partial charge in [-0.1, -0.05) is 55.5 Å². The fraction of sp³-hybridized carbons (Fsp3) is 0.364. The zero-order valence-electron chi connectivity index (χ0n) is 16.9. The fourth-order valence-corrected chi connectivity index (χ4v) is 3.12. The second-order valence-corrected chi connectivity index (χ2v) is 6.89. The number of halogens is 1. The van der Waals surface area contributed by atoms with E-state index in [1.807, 2.05) is 76.2 Å². The van der Waals surface area contributed by atoms with E-state index in [2.05, 4.69) is 5.32 Å². The van der Waals surface area contributed by atoms with Crippen LogP contribution in [0.25, 0.3) is 0 Å². The van der Waals surface area contributed by atoms with Gasteiger partial charge in [0.25, 0.3) is 0 Å². The van der Waals surface area contributed by atoms with Gasteiger partial charge in [-0.25, -0.2) is 0 Å². The van der Waals surface area contributed by atoms with E-state index in [0.29, 0.717) is 6.54 Å². The Balaban J connectivity index is 0.00000392. The Labute approximate surface area is 173 Å². The molecule has 0 saturated carbocycles. The van der Waals surface area contributed by atoms with Gasteiger partial charge < -0.3 is 16.0 Å². The van der Waals surface area contributed by atoms with Crippen LogP contribution in [0, 0.1) is 19.8 Å². The van der Waals surface area contributed by atoms with Crippen molar-refractivity contribution in [1.29, 1.82) is 0 Å². The lowest BCUT2D eigenvalue weighted by molar-refractivity contribution is -0.138. The molecule has 152 valence electrons. The molecule has 3 N–H and O–H groups in total. The molecule has 2 aromatic rings. The number of carbonyl (C=O) groups is 2. The summed E-state index contributed by atoms with van der Waals surface area (Å²) in [5.74, 6) is -0.742. The third-order valence-corrected chi connectivity index (χ3v) is 4.89. The van der Waals surface area contributed by atoms with E-state index in [1.165, 1.54) is 0 Å². The molecule has 0 aliphatic rings. The lowest BCUT2D eigenvalue weighted by Crippen LogP contribution is -2.43. The fourth-order valence-electron chi connectivity index (χ4n) is 3.12. The highest BCUT2D eigenvalue weighted by Crippen LogP contribution is 2.22. The van der Waals surface area contributed by atoms with Crippen LogP contribution < -0.4 is 11.1 Å². The summed E-state index contributed by atoms with van der Waals surface area (Å²) >= 11 is 0. The van der Waals surface area contributed by atoms with Crippen LogP contribution in [0.5, 0.6) is 0 Å². The molecule has 0 aliphatic carbocycles. The number of aryl methyl sites for hydroxylation is 2. The Bertz CT molecular complexity index is 775. The first-order valence-corrected chi connectivity index (χ1v) is 9.30. The molecule has 0 bridgehead atoms. The average molecular weight is 404 g/mol. The van der Waals surface area contributed by atoms with E-state index in [1.54, 1.807) is 4.90 Å². The number of nitrogens with zero attached hydrogens (tertiary/aromatic N) is 1. The molecule has 0 aromatic heterocycles. The van der Waals surface area contributed by atoms with Crippen molar-refractivity contribution in [2.24, 2.45) is 11.7 Å². The summed E-state index contributed by atoms with van der Waals surface area (Å²) in [5, 5.41) is 2.93. The van der Waals surface area contributed by atoms with Crippen molar-refractivity contribution in [3.8, 4) is 0 Å². The summed E-state index contributed by atoms with van der Waals surface area (Å²) in [6.45, 7) is 8.04. The van der Waals surface area contributed by atoms with Gasteiger partial charge in [0.05, 0.1) is 12.5 Å². The minimum Gasteiger partial charge on any atom is -0.333 e. The summed E-state index contributed by atoms with van der Waals surface area (Å²) in [5.41, 5.74) is 9.99. The number of para-hydroxylation sites is 1.